The Balaban J connectivity index is 2.70. The monoisotopic (exact) mass is 277 g/mol. The van der Waals surface area contributed by atoms with E-state index in [1.807, 2.05) is 0 Å². The second kappa shape index (κ2) is 7.25. The van der Waals surface area contributed by atoms with Crippen LogP contribution in [0.15, 0.2) is 24.3 Å². The molecule has 1 nitrogen and oxygen atoms in total. The first-order valence-electron chi connectivity index (χ1n) is 7.56. The van der Waals surface area contributed by atoms with Gasteiger partial charge in [-0.25, -0.2) is 0 Å². The summed E-state index contributed by atoms with van der Waals surface area (Å²) < 4.78 is 0. The number of hydrogen-bond donors (Lipinski definition) is 1. The number of hydrogen-bond acceptors (Lipinski definition) is 1. The molecule has 0 spiro atoms. The van der Waals surface area contributed by atoms with Gasteiger partial charge in [0.05, 0.1) is 0 Å². The number of benzene rings is 1. The van der Waals surface area contributed by atoms with Crippen LogP contribution >= 0.6 is 0 Å². The molecule has 1 atom stereocenters. The topological polar surface area (TPSA) is 12.0 Å². The predicted octanol–water partition coefficient (Wildman–Crippen LogP) is 4.49. The van der Waals surface area contributed by atoms with E-state index in [9.17, 15) is 0 Å². The van der Waals surface area contributed by atoms with Crippen LogP contribution in [0.4, 0.5) is 0 Å². The molecule has 1 aromatic carbocycles. The molecule has 0 aliphatic heterocycles. The summed E-state index contributed by atoms with van der Waals surface area (Å²) in [6.07, 6.45) is 1.22. The molecule has 0 radical (unpaired) electrons. The van der Waals surface area contributed by atoms with E-state index >= 15 is 0 Å². The van der Waals surface area contributed by atoms with Crippen molar-refractivity contribution in [2.24, 2.45) is 5.92 Å². The zero-order valence-corrected chi connectivity index (χ0v) is 14.6. The molecule has 0 aliphatic carbocycles. The molecular formula is C17H31NSi. The van der Waals surface area contributed by atoms with Crippen molar-refractivity contribution >= 4 is 8.07 Å². The van der Waals surface area contributed by atoms with Crippen LogP contribution in [0.25, 0.3) is 0 Å². The lowest BCUT2D eigenvalue weighted by Crippen LogP contribution is -2.34. The van der Waals surface area contributed by atoms with Crippen molar-refractivity contribution in [3.8, 4) is 0 Å². The Hall–Kier alpha value is -0.603. The van der Waals surface area contributed by atoms with Gasteiger partial charge in [-0.2, -0.15) is 0 Å². The van der Waals surface area contributed by atoms with E-state index in [1.54, 1.807) is 0 Å². The van der Waals surface area contributed by atoms with Gasteiger partial charge in [-0.15, -0.1) is 0 Å². The molecule has 1 N–H and O–H groups in total. The van der Waals surface area contributed by atoms with Crippen LogP contribution < -0.4 is 5.32 Å². The molecule has 19 heavy (non-hydrogen) atoms. The van der Waals surface area contributed by atoms with E-state index in [4.69, 9.17) is 0 Å². The number of rotatable bonds is 7. The second-order valence-corrected chi connectivity index (χ2v) is 12.9. The van der Waals surface area contributed by atoms with Crippen molar-refractivity contribution in [1.29, 1.82) is 0 Å². The molecule has 0 aliphatic rings. The van der Waals surface area contributed by atoms with Crippen LogP contribution in [0.3, 0.4) is 0 Å². The van der Waals surface area contributed by atoms with Gasteiger partial charge in [-0.05, 0) is 36.9 Å². The molecule has 0 saturated carbocycles. The summed E-state index contributed by atoms with van der Waals surface area (Å²) in [6.45, 7) is 15.3. The first kappa shape index (κ1) is 16.5. The van der Waals surface area contributed by atoms with E-state index in [1.165, 1.54) is 23.6 Å². The molecule has 0 heterocycles. The molecule has 0 aromatic heterocycles. The van der Waals surface area contributed by atoms with E-state index in [-0.39, 0.29) is 0 Å². The minimum atomic E-state index is -1.00. The fourth-order valence-electron chi connectivity index (χ4n) is 2.64. The minimum absolute atomic E-state index is 0.584. The summed E-state index contributed by atoms with van der Waals surface area (Å²) in [4.78, 5) is 0. The molecular weight excluding hydrogens is 246 g/mol. The first-order chi connectivity index (χ1) is 8.78. The Kier molecular flexibility index (Phi) is 6.28. The fourth-order valence-corrected chi connectivity index (χ4v) is 4.66. The smallest absolute Gasteiger partial charge is 0.0446 e. The molecule has 108 valence electrons. The van der Waals surface area contributed by atoms with Crippen LogP contribution in [0.1, 0.15) is 25.0 Å². The van der Waals surface area contributed by atoms with Crippen LogP contribution in [0, 0.1) is 12.8 Å². The lowest BCUT2D eigenvalue weighted by Gasteiger charge is -2.26. The summed E-state index contributed by atoms with van der Waals surface area (Å²) in [6, 6.07) is 10.8. The Bertz CT molecular complexity index is 379. The van der Waals surface area contributed by atoms with Crippen molar-refractivity contribution in [2.45, 2.75) is 58.9 Å². The molecule has 2 heteroatoms. The standard InChI is InChI=1S/C17H31NSi/c1-14(2)18-12-16(13-19(4,5)6)11-17-10-8-7-9-15(17)3/h7-10,14,16,18H,11-13H2,1-6H3. The molecule has 0 saturated heterocycles. The van der Waals surface area contributed by atoms with Gasteiger partial charge < -0.3 is 5.32 Å². The SMILES string of the molecule is Cc1ccccc1CC(CNC(C)C)C[Si](C)(C)C. The van der Waals surface area contributed by atoms with E-state index in [0.29, 0.717) is 6.04 Å². The lowest BCUT2D eigenvalue weighted by molar-refractivity contribution is 0.471. The van der Waals surface area contributed by atoms with Gasteiger partial charge in [0.25, 0.3) is 0 Å². The summed E-state index contributed by atoms with van der Waals surface area (Å²) in [5.74, 6) is 0.773. The summed E-state index contributed by atoms with van der Waals surface area (Å²) in [5, 5.41) is 3.63. The number of aryl methyl sites for hydroxylation is 1. The number of nitrogens with one attached hydrogen (secondary N) is 1. The average molecular weight is 278 g/mol. The zero-order valence-electron chi connectivity index (χ0n) is 13.6. The van der Waals surface area contributed by atoms with Gasteiger partial charge in [0, 0.05) is 14.1 Å². The minimum Gasteiger partial charge on any atom is -0.314 e. The molecule has 1 aromatic rings. The Morgan fingerprint density at radius 3 is 2.26 bits per heavy atom. The van der Waals surface area contributed by atoms with Crippen molar-refractivity contribution in [3.05, 3.63) is 35.4 Å². The highest BCUT2D eigenvalue weighted by atomic mass is 28.3. The normalized spacial score (nSPS) is 13.8. The fraction of sp³-hybridized carbons (Fsp3) is 0.647. The third kappa shape index (κ3) is 6.93. The van der Waals surface area contributed by atoms with Gasteiger partial charge in [-0.3, -0.25) is 0 Å². The maximum absolute atomic E-state index is 3.63. The van der Waals surface area contributed by atoms with Crippen molar-refractivity contribution in [1.82, 2.24) is 5.32 Å². The first-order valence-corrected chi connectivity index (χ1v) is 11.3. The van der Waals surface area contributed by atoms with Crippen LogP contribution in [-0.2, 0) is 6.42 Å². The lowest BCUT2D eigenvalue weighted by atomic mass is 9.97. The maximum Gasteiger partial charge on any atom is 0.0446 e. The highest BCUT2D eigenvalue weighted by Crippen LogP contribution is 2.22. The van der Waals surface area contributed by atoms with E-state index in [2.05, 4.69) is 70.0 Å². The highest BCUT2D eigenvalue weighted by molar-refractivity contribution is 6.76. The van der Waals surface area contributed by atoms with Gasteiger partial charge in [-0.1, -0.05) is 63.8 Å². The van der Waals surface area contributed by atoms with Crippen LogP contribution in [-0.4, -0.2) is 20.7 Å². The average Bonchev–Trinajstić information content (AvgIpc) is 2.27. The maximum atomic E-state index is 3.63. The molecule has 1 rings (SSSR count). The zero-order chi connectivity index (χ0) is 14.5. The third-order valence-electron chi connectivity index (χ3n) is 3.49. The molecule has 0 amide bonds. The molecule has 1 unspecified atom stereocenters. The summed E-state index contributed by atoms with van der Waals surface area (Å²) in [7, 11) is -1.00. The van der Waals surface area contributed by atoms with Gasteiger partial charge in [0.1, 0.15) is 0 Å². The molecule has 0 fully saturated rings. The van der Waals surface area contributed by atoms with Crippen LogP contribution in [0.5, 0.6) is 0 Å². The largest absolute Gasteiger partial charge is 0.314 e. The van der Waals surface area contributed by atoms with Crippen LogP contribution in [0.2, 0.25) is 25.7 Å². The second-order valence-electron chi connectivity index (χ2n) is 7.32. The predicted molar refractivity (Wildman–Crippen MR) is 89.7 cm³/mol. The van der Waals surface area contributed by atoms with Crippen molar-refractivity contribution < 1.29 is 0 Å². The van der Waals surface area contributed by atoms with Gasteiger partial charge in [0.2, 0.25) is 0 Å². The van der Waals surface area contributed by atoms with E-state index < -0.39 is 8.07 Å². The highest BCUT2D eigenvalue weighted by Gasteiger charge is 2.21. The van der Waals surface area contributed by atoms with Crippen molar-refractivity contribution in [2.75, 3.05) is 6.54 Å². The Morgan fingerprint density at radius 2 is 1.74 bits per heavy atom. The Labute approximate surface area is 120 Å². The third-order valence-corrected chi connectivity index (χ3v) is 5.29. The molecule has 0 bridgehead atoms. The van der Waals surface area contributed by atoms with Gasteiger partial charge >= 0.3 is 0 Å². The summed E-state index contributed by atoms with van der Waals surface area (Å²) >= 11 is 0. The van der Waals surface area contributed by atoms with E-state index in [0.717, 1.165) is 12.5 Å². The Morgan fingerprint density at radius 1 is 1.11 bits per heavy atom. The summed E-state index contributed by atoms with van der Waals surface area (Å²) in [5.41, 5.74) is 2.96. The van der Waals surface area contributed by atoms with Gasteiger partial charge in [0.15, 0.2) is 0 Å². The van der Waals surface area contributed by atoms with Crippen molar-refractivity contribution in [3.63, 3.8) is 0 Å². The quantitative estimate of drug-likeness (QED) is 0.724.